The molecule has 1 aliphatic carbocycles. The Labute approximate surface area is 114 Å². The van der Waals surface area contributed by atoms with Crippen LogP contribution in [0.4, 0.5) is 0 Å². The summed E-state index contributed by atoms with van der Waals surface area (Å²) in [7, 11) is 0. The first-order chi connectivity index (χ1) is 8.98. The van der Waals surface area contributed by atoms with Gasteiger partial charge < -0.3 is 10.3 Å². The number of nitrogens with one attached hydrogen (secondary N) is 2. The van der Waals surface area contributed by atoms with E-state index in [4.69, 9.17) is 11.6 Å². The van der Waals surface area contributed by atoms with Crippen LogP contribution in [-0.2, 0) is 0 Å². The highest BCUT2D eigenvalue weighted by atomic mass is 35.5. The van der Waals surface area contributed by atoms with Crippen LogP contribution in [0.1, 0.15) is 30.1 Å². The zero-order chi connectivity index (χ0) is 13.6. The first kappa shape index (κ1) is 12.2. The number of halogens is 1. The molecule has 1 aliphatic rings. The minimum atomic E-state index is -0.330. The van der Waals surface area contributed by atoms with Gasteiger partial charge in [-0.1, -0.05) is 11.6 Å². The van der Waals surface area contributed by atoms with Gasteiger partial charge in [0.15, 0.2) is 0 Å². The summed E-state index contributed by atoms with van der Waals surface area (Å²) in [5.41, 5.74) is 0.358. The fourth-order valence-electron chi connectivity index (χ4n) is 2.01. The number of carbonyl (C=O) groups excluding carboxylic acids is 1. The molecule has 1 heterocycles. The lowest BCUT2D eigenvalue weighted by molar-refractivity contribution is 0.0934. The van der Waals surface area contributed by atoms with Gasteiger partial charge in [0.05, 0.1) is 0 Å². The van der Waals surface area contributed by atoms with E-state index in [0.29, 0.717) is 15.9 Å². The van der Waals surface area contributed by atoms with Crippen molar-refractivity contribution in [3.8, 4) is 0 Å². The van der Waals surface area contributed by atoms with E-state index in [0.717, 1.165) is 12.8 Å². The van der Waals surface area contributed by atoms with Gasteiger partial charge in [0.1, 0.15) is 5.56 Å². The topological polar surface area (TPSA) is 62.0 Å². The third kappa shape index (κ3) is 2.24. The molecule has 1 aromatic carbocycles. The van der Waals surface area contributed by atoms with E-state index >= 15 is 0 Å². The molecule has 1 aromatic heterocycles. The monoisotopic (exact) mass is 276 g/mol. The van der Waals surface area contributed by atoms with Crippen LogP contribution in [-0.4, -0.2) is 16.4 Å². The number of fused-ring (bicyclic) bond motifs is 1. The Morgan fingerprint density at radius 1 is 1.42 bits per heavy atom. The third-order valence-corrected chi connectivity index (χ3v) is 3.74. The molecule has 2 N–H and O–H groups in total. The molecule has 0 aliphatic heterocycles. The summed E-state index contributed by atoms with van der Waals surface area (Å²) in [6.45, 7) is 1.97. The average Bonchev–Trinajstić information content (AvgIpc) is 3.07. The molecule has 2 aromatic rings. The minimum absolute atomic E-state index is 0.128. The van der Waals surface area contributed by atoms with Gasteiger partial charge >= 0.3 is 0 Å². The summed E-state index contributed by atoms with van der Waals surface area (Å²) in [6.07, 6.45) is 3.37. The highest BCUT2D eigenvalue weighted by Crippen LogP contribution is 2.34. The molecular weight excluding hydrogens is 264 g/mol. The standard InChI is InChI=1S/C14H13ClN2O2/c1-14(4-5-14)17-13(19)10-7-16-11-3-2-8(15)6-9(11)12(10)18/h2-3,6-7H,4-5H2,1H3,(H,16,18)(H,17,19). The number of hydrogen-bond donors (Lipinski definition) is 2. The van der Waals surface area contributed by atoms with Crippen molar-refractivity contribution in [2.45, 2.75) is 25.3 Å². The van der Waals surface area contributed by atoms with Crippen LogP contribution in [0.25, 0.3) is 10.9 Å². The quantitative estimate of drug-likeness (QED) is 0.885. The number of benzene rings is 1. The Hall–Kier alpha value is -1.81. The number of amides is 1. The maximum atomic E-state index is 12.3. The first-order valence-corrected chi connectivity index (χ1v) is 6.50. The molecule has 0 unspecified atom stereocenters. The minimum Gasteiger partial charge on any atom is -0.360 e. The van der Waals surface area contributed by atoms with Crippen molar-refractivity contribution in [1.82, 2.24) is 10.3 Å². The number of pyridine rings is 1. The summed E-state index contributed by atoms with van der Waals surface area (Å²) in [6, 6.07) is 5.00. The van der Waals surface area contributed by atoms with Crippen LogP contribution in [0.3, 0.4) is 0 Å². The van der Waals surface area contributed by atoms with Crippen molar-refractivity contribution in [2.24, 2.45) is 0 Å². The lowest BCUT2D eigenvalue weighted by Gasteiger charge is -2.11. The molecule has 3 rings (SSSR count). The van der Waals surface area contributed by atoms with E-state index < -0.39 is 0 Å². The third-order valence-electron chi connectivity index (χ3n) is 3.50. The zero-order valence-electron chi connectivity index (χ0n) is 10.4. The molecule has 19 heavy (non-hydrogen) atoms. The molecule has 1 amide bonds. The van der Waals surface area contributed by atoms with E-state index in [1.165, 1.54) is 6.20 Å². The SMILES string of the molecule is CC1(NC(=O)c2c[nH]c3ccc(Cl)cc3c2=O)CC1. The number of aromatic nitrogens is 1. The highest BCUT2D eigenvalue weighted by Gasteiger charge is 2.39. The van der Waals surface area contributed by atoms with Crippen LogP contribution in [0.2, 0.25) is 5.02 Å². The van der Waals surface area contributed by atoms with Gasteiger partial charge in [0.2, 0.25) is 5.43 Å². The predicted octanol–water partition coefficient (Wildman–Crippen LogP) is 2.46. The second kappa shape index (κ2) is 4.10. The molecule has 4 nitrogen and oxygen atoms in total. The normalized spacial score (nSPS) is 16.3. The van der Waals surface area contributed by atoms with Crippen molar-refractivity contribution >= 4 is 28.4 Å². The van der Waals surface area contributed by atoms with E-state index in [9.17, 15) is 9.59 Å². The maximum Gasteiger partial charge on any atom is 0.257 e. The number of aromatic amines is 1. The summed E-state index contributed by atoms with van der Waals surface area (Å²) in [4.78, 5) is 27.3. The molecule has 5 heteroatoms. The number of rotatable bonds is 2. The van der Waals surface area contributed by atoms with Crippen molar-refractivity contribution in [3.05, 3.63) is 45.2 Å². The Balaban J connectivity index is 2.07. The van der Waals surface area contributed by atoms with Gasteiger partial charge in [-0.05, 0) is 38.0 Å². The average molecular weight is 277 g/mol. The lowest BCUT2D eigenvalue weighted by atomic mass is 10.1. The zero-order valence-corrected chi connectivity index (χ0v) is 11.2. The van der Waals surface area contributed by atoms with E-state index in [1.807, 2.05) is 6.92 Å². The number of H-pyrrole nitrogens is 1. The van der Waals surface area contributed by atoms with Gasteiger partial charge in [-0.2, -0.15) is 0 Å². The fraction of sp³-hybridized carbons (Fsp3) is 0.286. The summed E-state index contributed by atoms with van der Waals surface area (Å²) in [5, 5.41) is 3.78. The van der Waals surface area contributed by atoms with E-state index in [1.54, 1.807) is 18.2 Å². The van der Waals surface area contributed by atoms with Crippen LogP contribution < -0.4 is 10.7 Å². The maximum absolute atomic E-state index is 12.3. The van der Waals surface area contributed by atoms with Crippen LogP contribution in [0.5, 0.6) is 0 Å². The fourth-order valence-corrected chi connectivity index (χ4v) is 2.19. The predicted molar refractivity (Wildman–Crippen MR) is 74.7 cm³/mol. The molecule has 0 saturated heterocycles. The van der Waals surface area contributed by atoms with E-state index in [2.05, 4.69) is 10.3 Å². The molecular formula is C14H13ClN2O2. The highest BCUT2D eigenvalue weighted by molar-refractivity contribution is 6.31. The van der Waals surface area contributed by atoms with Crippen molar-refractivity contribution in [2.75, 3.05) is 0 Å². The molecule has 0 bridgehead atoms. The molecule has 1 saturated carbocycles. The molecule has 0 atom stereocenters. The van der Waals surface area contributed by atoms with Gasteiger partial charge in [-0.15, -0.1) is 0 Å². The van der Waals surface area contributed by atoms with Gasteiger partial charge in [0, 0.05) is 27.7 Å². The van der Waals surface area contributed by atoms with Crippen molar-refractivity contribution < 1.29 is 4.79 Å². The number of carbonyl (C=O) groups is 1. The van der Waals surface area contributed by atoms with Crippen molar-refractivity contribution in [1.29, 1.82) is 0 Å². The Bertz CT molecular complexity index is 732. The van der Waals surface area contributed by atoms with Gasteiger partial charge in [-0.3, -0.25) is 9.59 Å². The molecule has 98 valence electrons. The van der Waals surface area contributed by atoms with Gasteiger partial charge in [0.25, 0.3) is 5.91 Å². The Morgan fingerprint density at radius 2 is 2.16 bits per heavy atom. The largest absolute Gasteiger partial charge is 0.360 e. The molecule has 0 radical (unpaired) electrons. The van der Waals surface area contributed by atoms with Gasteiger partial charge in [-0.25, -0.2) is 0 Å². The number of hydrogen-bond acceptors (Lipinski definition) is 2. The van der Waals surface area contributed by atoms with Crippen LogP contribution >= 0.6 is 11.6 Å². The summed E-state index contributed by atoms with van der Waals surface area (Å²) >= 11 is 5.89. The smallest absolute Gasteiger partial charge is 0.257 e. The van der Waals surface area contributed by atoms with Crippen LogP contribution in [0.15, 0.2) is 29.2 Å². The second-order valence-corrected chi connectivity index (χ2v) is 5.67. The molecule has 0 spiro atoms. The second-order valence-electron chi connectivity index (χ2n) is 5.24. The summed E-state index contributed by atoms with van der Waals surface area (Å²) in [5.74, 6) is -0.330. The van der Waals surface area contributed by atoms with Crippen molar-refractivity contribution in [3.63, 3.8) is 0 Å². The Kier molecular flexibility index (Phi) is 2.64. The first-order valence-electron chi connectivity index (χ1n) is 6.12. The van der Waals surface area contributed by atoms with Crippen LogP contribution in [0, 0.1) is 0 Å². The summed E-state index contributed by atoms with van der Waals surface area (Å²) < 4.78 is 0. The Morgan fingerprint density at radius 3 is 2.84 bits per heavy atom. The lowest BCUT2D eigenvalue weighted by Crippen LogP contribution is -2.37. The van der Waals surface area contributed by atoms with E-state index in [-0.39, 0.29) is 22.4 Å². The molecule has 1 fully saturated rings.